The molecule has 6 heteroatoms. The molecule has 1 heterocycles. The van der Waals surface area contributed by atoms with E-state index in [2.05, 4.69) is 10.2 Å². The number of H-pyrrole nitrogens is 2. The van der Waals surface area contributed by atoms with Gasteiger partial charge in [0.15, 0.2) is 0 Å². The first-order valence-corrected chi connectivity index (χ1v) is 4.88. The Labute approximate surface area is 90.7 Å². The molecule has 84 valence electrons. The summed E-state index contributed by atoms with van der Waals surface area (Å²) < 4.78 is 1.08. The third kappa shape index (κ3) is 1.70. The third-order valence-corrected chi connectivity index (χ3v) is 2.43. The summed E-state index contributed by atoms with van der Waals surface area (Å²) in [5.74, 6) is 0. The second kappa shape index (κ2) is 4.19. The van der Waals surface area contributed by atoms with Gasteiger partial charge in [-0.15, -0.1) is 0 Å². The minimum Gasteiger partial charge on any atom is -0.328 e. The van der Waals surface area contributed by atoms with Gasteiger partial charge in [-0.05, 0) is 5.56 Å². The number of nitrogens with zero attached hydrogens (tertiary/aromatic N) is 1. The molecule has 0 aliphatic carbocycles. The van der Waals surface area contributed by atoms with Gasteiger partial charge in [0.1, 0.15) is 0 Å². The normalized spacial score (nSPS) is 12.6. The Kier molecular flexibility index (Phi) is 2.74. The number of hydrogen-bond acceptors (Lipinski definition) is 3. The molecule has 0 spiro atoms. The van der Waals surface area contributed by atoms with Gasteiger partial charge in [-0.3, -0.25) is 0 Å². The standard InChI is InChI=1S/C10H12N4O2/c11-6-8(7-4-2-1-3-5-7)14-9(15)12-13-10(14)16/h1-5,8H,6,11H2,(H,12,15)(H,13,16). The maximum atomic E-state index is 11.4. The van der Waals surface area contributed by atoms with E-state index >= 15 is 0 Å². The average molecular weight is 220 g/mol. The number of hydrogen-bond donors (Lipinski definition) is 3. The Hall–Kier alpha value is -2.08. The van der Waals surface area contributed by atoms with E-state index in [1.165, 1.54) is 0 Å². The number of nitrogens with two attached hydrogens (primary N) is 1. The van der Waals surface area contributed by atoms with E-state index in [0.717, 1.165) is 10.1 Å². The first-order valence-electron chi connectivity index (χ1n) is 4.88. The van der Waals surface area contributed by atoms with Crippen molar-refractivity contribution in [3.63, 3.8) is 0 Å². The highest BCUT2D eigenvalue weighted by Gasteiger charge is 2.16. The molecular formula is C10H12N4O2. The van der Waals surface area contributed by atoms with Gasteiger partial charge in [-0.2, -0.15) is 0 Å². The zero-order valence-electron chi connectivity index (χ0n) is 8.51. The highest BCUT2D eigenvalue weighted by atomic mass is 16.2. The number of rotatable bonds is 3. The van der Waals surface area contributed by atoms with Gasteiger partial charge in [0.2, 0.25) is 0 Å². The van der Waals surface area contributed by atoms with Crippen molar-refractivity contribution in [2.75, 3.05) is 6.54 Å². The van der Waals surface area contributed by atoms with Gasteiger partial charge in [0.25, 0.3) is 0 Å². The Morgan fingerprint density at radius 2 is 1.69 bits per heavy atom. The fourth-order valence-electron chi connectivity index (χ4n) is 1.67. The van der Waals surface area contributed by atoms with Crippen LogP contribution in [-0.2, 0) is 0 Å². The SMILES string of the molecule is NCC(c1ccccc1)n1c(=O)[nH][nH]c1=O. The van der Waals surface area contributed by atoms with Gasteiger partial charge in [0, 0.05) is 6.54 Å². The lowest BCUT2D eigenvalue weighted by Gasteiger charge is -2.14. The van der Waals surface area contributed by atoms with E-state index in [0.29, 0.717) is 0 Å². The van der Waals surface area contributed by atoms with Crippen molar-refractivity contribution in [3.05, 3.63) is 56.9 Å². The van der Waals surface area contributed by atoms with Crippen LogP contribution in [0.1, 0.15) is 11.6 Å². The molecule has 0 aliphatic rings. The van der Waals surface area contributed by atoms with Crippen molar-refractivity contribution in [1.82, 2.24) is 14.8 Å². The Balaban J connectivity index is 2.53. The molecule has 1 aromatic carbocycles. The first kappa shape index (κ1) is 10.4. The average Bonchev–Trinajstić information content (AvgIpc) is 2.63. The van der Waals surface area contributed by atoms with Crippen LogP contribution in [0.4, 0.5) is 0 Å². The van der Waals surface area contributed by atoms with E-state index in [9.17, 15) is 9.59 Å². The Bertz CT molecular complexity index is 539. The lowest BCUT2D eigenvalue weighted by molar-refractivity contribution is 0.560. The molecule has 0 radical (unpaired) electrons. The fourth-order valence-corrected chi connectivity index (χ4v) is 1.67. The number of benzene rings is 1. The van der Waals surface area contributed by atoms with Gasteiger partial charge in [-0.25, -0.2) is 24.4 Å². The summed E-state index contributed by atoms with van der Waals surface area (Å²) in [6, 6.07) is 8.76. The van der Waals surface area contributed by atoms with Crippen LogP contribution >= 0.6 is 0 Å². The van der Waals surface area contributed by atoms with Crippen LogP contribution in [0.15, 0.2) is 39.9 Å². The maximum absolute atomic E-state index is 11.4. The van der Waals surface area contributed by atoms with Crippen LogP contribution in [0.2, 0.25) is 0 Å². The van der Waals surface area contributed by atoms with Crippen LogP contribution in [-0.4, -0.2) is 21.3 Å². The number of aromatic nitrogens is 3. The molecule has 1 unspecified atom stereocenters. The molecule has 2 rings (SSSR count). The van der Waals surface area contributed by atoms with E-state index < -0.39 is 17.4 Å². The summed E-state index contributed by atoms with van der Waals surface area (Å²) >= 11 is 0. The van der Waals surface area contributed by atoms with Crippen molar-refractivity contribution < 1.29 is 0 Å². The molecule has 0 amide bonds. The van der Waals surface area contributed by atoms with Crippen LogP contribution in [0, 0.1) is 0 Å². The topological polar surface area (TPSA) is 96.7 Å². The molecule has 16 heavy (non-hydrogen) atoms. The fraction of sp³-hybridized carbons (Fsp3) is 0.200. The summed E-state index contributed by atoms with van der Waals surface area (Å²) in [4.78, 5) is 22.9. The second-order valence-corrected chi connectivity index (χ2v) is 3.39. The molecular weight excluding hydrogens is 208 g/mol. The predicted molar refractivity (Wildman–Crippen MR) is 59.3 cm³/mol. The molecule has 4 N–H and O–H groups in total. The van der Waals surface area contributed by atoms with Gasteiger partial charge < -0.3 is 5.73 Å². The Morgan fingerprint density at radius 1 is 1.12 bits per heavy atom. The molecule has 1 aromatic heterocycles. The van der Waals surface area contributed by atoms with Crippen molar-refractivity contribution in [2.45, 2.75) is 6.04 Å². The van der Waals surface area contributed by atoms with Gasteiger partial charge in [0.05, 0.1) is 6.04 Å². The number of aromatic amines is 2. The van der Waals surface area contributed by atoms with Crippen LogP contribution < -0.4 is 17.1 Å². The third-order valence-electron chi connectivity index (χ3n) is 2.43. The van der Waals surface area contributed by atoms with Crippen LogP contribution in [0.25, 0.3) is 0 Å². The molecule has 2 aromatic rings. The zero-order chi connectivity index (χ0) is 11.5. The molecule has 6 nitrogen and oxygen atoms in total. The second-order valence-electron chi connectivity index (χ2n) is 3.39. The molecule has 0 saturated heterocycles. The van der Waals surface area contributed by atoms with Crippen molar-refractivity contribution in [2.24, 2.45) is 5.73 Å². The molecule has 0 saturated carbocycles. The molecule has 0 bridgehead atoms. The largest absolute Gasteiger partial charge is 0.344 e. The highest BCUT2D eigenvalue weighted by molar-refractivity contribution is 5.20. The summed E-state index contributed by atoms with van der Waals surface area (Å²) in [6.45, 7) is 0.185. The molecule has 1 atom stereocenters. The van der Waals surface area contributed by atoms with E-state index in [-0.39, 0.29) is 6.54 Å². The molecule has 0 aliphatic heterocycles. The van der Waals surface area contributed by atoms with Gasteiger partial charge >= 0.3 is 11.4 Å². The van der Waals surface area contributed by atoms with E-state index in [1.54, 1.807) is 0 Å². The first-order chi connectivity index (χ1) is 7.74. The lowest BCUT2D eigenvalue weighted by Crippen LogP contribution is -2.35. The summed E-state index contributed by atoms with van der Waals surface area (Å²) in [7, 11) is 0. The minimum atomic E-state index is -0.482. The minimum absolute atomic E-state index is 0.185. The highest BCUT2D eigenvalue weighted by Crippen LogP contribution is 2.12. The number of nitrogens with one attached hydrogen (secondary N) is 2. The summed E-state index contributed by atoms with van der Waals surface area (Å²) in [5, 5.41) is 4.47. The van der Waals surface area contributed by atoms with Gasteiger partial charge in [-0.1, -0.05) is 30.3 Å². The summed E-state index contributed by atoms with van der Waals surface area (Å²) in [5.41, 5.74) is 5.47. The lowest BCUT2D eigenvalue weighted by atomic mass is 10.1. The van der Waals surface area contributed by atoms with Crippen molar-refractivity contribution >= 4 is 0 Å². The van der Waals surface area contributed by atoms with E-state index in [4.69, 9.17) is 5.73 Å². The predicted octanol–water partition coefficient (Wildman–Crippen LogP) is -0.587. The van der Waals surface area contributed by atoms with Crippen LogP contribution in [0.5, 0.6) is 0 Å². The molecule has 0 fully saturated rings. The maximum Gasteiger partial charge on any atom is 0.344 e. The van der Waals surface area contributed by atoms with Crippen LogP contribution in [0.3, 0.4) is 0 Å². The zero-order valence-corrected chi connectivity index (χ0v) is 8.51. The van der Waals surface area contributed by atoms with E-state index in [1.807, 2.05) is 30.3 Å². The quantitative estimate of drug-likeness (QED) is 0.645. The Morgan fingerprint density at radius 3 is 2.19 bits per heavy atom. The van der Waals surface area contributed by atoms with Crippen molar-refractivity contribution in [3.8, 4) is 0 Å². The monoisotopic (exact) mass is 220 g/mol. The summed E-state index contributed by atoms with van der Waals surface area (Å²) in [6.07, 6.45) is 0. The smallest absolute Gasteiger partial charge is 0.328 e. The van der Waals surface area contributed by atoms with Crippen molar-refractivity contribution in [1.29, 1.82) is 0 Å².